The number of hydrogen-bond acceptors (Lipinski definition) is 5. The number of benzene rings is 1. The van der Waals surface area contributed by atoms with Crippen LogP contribution in [-0.2, 0) is 9.53 Å². The number of nitrogens with one attached hydrogen (secondary N) is 1. The summed E-state index contributed by atoms with van der Waals surface area (Å²) in [7, 11) is 0. The van der Waals surface area contributed by atoms with Crippen molar-refractivity contribution in [2.75, 3.05) is 12.3 Å². The number of aromatic nitrogens is 3. The average Bonchev–Trinajstić information content (AvgIpc) is 2.79. The number of aromatic amines is 1. The Morgan fingerprint density at radius 2 is 2.16 bits per heavy atom. The maximum atomic E-state index is 12.1. The van der Waals surface area contributed by atoms with Crippen molar-refractivity contribution in [3.8, 4) is 0 Å². The minimum absolute atomic E-state index is 0.0985. The molecule has 0 spiro atoms. The van der Waals surface area contributed by atoms with Crippen LogP contribution in [0.25, 0.3) is 0 Å². The number of rotatable bonds is 4. The van der Waals surface area contributed by atoms with E-state index in [1.54, 1.807) is 6.92 Å². The molecule has 1 heterocycles. The molecule has 3 N–H and O–H groups in total. The number of carbonyl (C=O) groups excluding carboxylic acids is 1. The lowest BCUT2D eigenvalue weighted by molar-refractivity contribution is -0.144. The van der Waals surface area contributed by atoms with Gasteiger partial charge < -0.3 is 10.5 Å². The number of nitrogens with two attached hydrogens (primary N) is 1. The number of ether oxygens (including phenoxy) is 1. The fraction of sp³-hybridized carbons (Fsp3) is 0.250. The predicted molar refractivity (Wildman–Crippen MR) is 73.4 cm³/mol. The van der Waals surface area contributed by atoms with Crippen molar-refractivity contribution in [3.63, 3.8) is 0 Å². The summed E-state index contributed by atoms with van der Waals surface area (Å²) in [5, 5.41) is 6.41. The van der Waals surface area contributed by atoms with Crippen LogP contribution in [0.4, 0.5) is 5.95 Å². The van der Waals surface area contributed by atoms with E-state index in [0.717, 1.165) is 10.0 Å². The van der Waals surface area contributed by atoms with Gasteiger partial charge in [0.15, 0.2) is 0 Å². The first-order chi connectivity index (χ1) is 9.11. The first kappa shape index (κ1) is 13.5. The molecular weight excluding hydrogens is 312 g/mol. The van der Waals surface area contributed by atoms with Gasteiger partial charge in [-0.1, -0.05) is 28.1 Å². The molecule has 1 aromatic carbocycles. The Morgan fingerprint density at radius 1 is 1.47 bits per heavy atom. The Hall–Kier alpha value is -1.89. The van der Waals surface area contributed by atoms with Crippen LogP contribution in [0.5, 0.6) is 0 Å². The molecule has 0 aliphatic carbocycles. The first-order valence-electron chi connectivity index (χ1n) is 5.71. The van der Waals surface area contributed by atoms with Gasteiger partial charge in [0, 0.05) is 4.47 Å². The second-order valence-electron chi connectivity index (χ2n) is 3.82. The molecule has 0 radical (unpaired) electrons. The summed E-state index contributed by atoms with van der Waals surface area (Å²) in [5.41, 5.74) is 6.24. The summed E-state index contributed by atoms with van der Waals surface area (Å²) in [6, 6.07) is 7.34. The van der Waals surface area contributed by atoms with Crippen LogP contribution in [0.1, 0.15) is 24.2 Å². The second kappa shape index (κ2) is 5.83. The number of nitrogen functional groups attached to an aromatic ring is 1. The Kier molecular flexibility index (Phi) is 4.16. The summed E-state index contributed by atoms with van der Waals surface area (Å²) in [4.78, 5) is 16.1. The Morgan fingerprint density at radius 3 is 2.68 bits per heavy atom. The monoisotopic (exact) mass is 324 g/mol. The molecule has 6 nitrogen and oxygen atoms in total. The molecule has 0 amide bonds. The van der Waals surface area contributed by atoms with Crippen molar-refractivity contribution >= 4 is 27.8 Å². The SMILES string of the molecule is CCOC(=O)C(c1ccc(Br)cc1)c1nc(N)n[nH]1. The van der Waals surface area contributed by atoms with E-state index in [1.165, 1.54) is 0 Å². The number of nitrogens with zero attached hydrogens (tertiary/aromatic N) is 2. The van der Waals surface area contributed by atoms with Crippen LogP contribution in [0, 0.1) is 0 Å². The molecule has 0 fully saturated rings. The van der Waals surface area contributed by atoms with Crippen molar-refractivity contribution in [2.24, 2.45) is 0 Å². The maximum absolute atomic E-state index is 12.1. The smallest absolute Gasteiger partial charge is 0.321 e. The molecule has 2 aromatic rings. The van der Waals surface area contributed by atoms with Crippen molar-refractivity contribution in [3.05, 3.63) is 40.1 Å². The zero-order valence-electron chi connectivity index (χ0n) is 10.3. The minimum atomic E-state index is -0.655. The van der Waals surface area contributed by atoms with Crippen LogP contribution in [0.2, 0.25) is 0 Å². The highest BCUT2D eigenvalue weighted by atomic mass is 79.9. The molecule has 1 unspecified atom stereocenters. The fourth-order valence-electron chi connectivity index (χ4n) is 1.70. The molecule has 100 valence electrons. The zero-order chi connectivity index (χ0) is 13.8. The summed E-state index contributed by atoms with van der Waals surface area (Å²) in [6.45, 7) is 2.06. The number of anilines is 1. The lowest BCUT2D eigenvalue weighted by Gasteiger charge is -2.13. The van der Waals surface area contributed by atoms with Crippen molar-refractivity contribution in [1.82, 2.24) is 15.2 Å². The normalized spacial score (nSPS) is 12.1. The maximum Gasteiger partial charge on any atom is 0.321 e. The summed E-state index contributed by atoms with van der Waals surface area (Å²) >= 11 is 3.35. The number of esters is 1. The van der Waals surface area contributed by atoms with Crippen LogP contribution in [0.3, 0.4) is 0 Å². The first-order valence-corrected chi connectivity index (χ1v) is 6.51. The van der Waals surface area contributed by atoms with E-state index in [2.05, 4.69) is 31.1 Å². The summed E-state index contributed by atoms with van der Waals surface area (Å²) in [5.74, 6) is -0.571. The highest BCUT2D eigenvalue weighted by Crippen LogP contribution is 2.25. The Balaban J connectivity index is 2.39. The van der Waals surface area contributed by atoms with Gasteiger partial charge in [-0.25, -0.2) is 0 Å². The van der Waals surface area contributed by atoms with E-state index in [-0.39, 0.29) is 11.9 Å². The molecular formula is C12H13BrN4O2. The molecule has 2 rings (SSSR count). The standard InChI is InChI=1S/C12H13BrN4O2/c1-2-19-11(18)9(10-15-12(14)17-16-10)7-3-5-8(13)6-4-7/h3-6,9H,2H2,1H3,(H3,14,15,16,17). The van der Waals surface area contributed by atoms with Gasteiger partial charge in [-0.3, -0.25) is 9.89 Å². The van der Waals surface area contributed by atoms with Gasteiger partial charge in [0.25, 0.3) is 0 Å². The Labute approximate surface area is 118 Å². The van der Waals surface area contributed by atoms with Gasteiger partial charge in [0.1, 0.15) is 11.7 Å². The summed E-state index contributed by atoms with van der Waals surface area (Å²) < 4.78 is 6.00. The number of H-pyrrole nitrogens is 1. The largest absolute Gasteiger partial charge is 0.465 e. The molecule has 1 atom stereocenters. The van der Waals surface area contributed by atoms with Gasteiger partial charge in [0.05, 0.1) is 6.61 Å². The average molecular weight is 325 g/mol. The van der Waals surface area contributed by atoms with Crippen molar-refractivity contribution in [2.45, 2.75) is 12.8 Å². The Bertz CT molecular complexity index is 567. The molecule has 0 bridgehead atoms. The lowest BCUT2D eigenvalue weighted by Crippen LogP contribution is -2.18. The van der Waals surface area contributed by atoms with Crippen LogP contribution < -0.4 is 5.73 Å². The molecule has 0 saturated heterocycles. The quantitative estimate of drug-likeness (QED) is 0.837. The zero-order valence-corrected chi connectivity index (χ0v) is 11.8. The third-order valence-corrected chi connectivity index (χ3v) is 3.05. The molecule has 19 heavy (non-hydrogen) atoms. The minimum Gasteiger partial charge on any atom is -0.465 e. The highest BCUT2D eigenvalue weighted by molar-refractivity contribution is 9.10. The van der Waals surface area contributed by atoms with Gasteiger partial charge in [0.2, 0.25) is 5.95 Å². The van der Waals surface area contributed by atoms with Crippen LogP contribution >= 0.6 is 15.9 Å². The van der Waals surface area contributed by atoms with Gasteiger partial charge >= 0.3 is 5.97 Å². The van der Waals surface area contributed by atoms with Crippen molar-refractivity contribution < 1.29 is 9.53 Å². The van der Waals surface area contributed by atoms with E-state index in [0.29, 0.717) is 12.4 Å². The van der Waals surface area contributed by atoms with E-state index in [9.17, 15) is 4.79 Å². The van der Waals surface area contributed by atoms with Crippen molar-refractivity contribution in [1.29, 1.82) is 0 Å². The number of halogens is 1. The number of carbonyl (C=O) groups is 1. The van der Waals surface area contributed by atoms with Crippen LogP contribution in [0.15, 0.2) is 28.7 Å². The van der Waals surface area contributed by atoms with E-state index in [1.807, 2.05) is 24.3 Å². The number of hydrogen-bond donors (Lipinski definition) is 2. The van der Waals surface area contributed by atoms with Gasteiger partial charge in [-0.05, 0) is 24.6 Å². The second-order valence-corrected chi connectivity index (χ2v) is 4.73. The topological polar surface area (TPSA) is 93.9 Å². The lowest BCUT2D eigenvalue weighted by atomic mass is 9.99. The molecule has 7 heteroatoms. The molecule has 1 aromatic heterocycles. The van der Waals surface area contributed by atoms with E-state index < -0.39 is 5.92 Å². The predicted octanol–water partition coefficient (Wildman–Crippen LogP) is 1.84. The molecule has 0 saturated carbocycles. The molecule has 0 aliphatic rings. The van der Waals surface area contributed by atoms with Gasteiger partial charge in [-0.2, -0.15) is 4.98 Å². The van der Waals surface area contributed by atoms with E-state index in [4.69, 9.17) is 10.5 Å². The third kappa shape index (κ3) is 3.11. The highest BCUT2D eigenvalue weighted by Gasteiger charge is 2.27. The van der Waals surface area contributed by atoms with E-state index >= 15 is 0 Å². The third-order valence-electron chi connectivity index (χ3n) is 2.52. The van der Waals surface area contributed by atoms with Crippen LogP contribution in [-0.4, -0.2) is 27.8 Å². The molecule has 0 aliphatic heterocycles. The van der Waals surface area contributed by atoms with Gasteiger partial charge in [-0.15, -0.1) is 5.10 Å². The fourth-order valence-corrected chi connectivity index (χ4v) is 1.97. The summed E-state index contributed by atoms with van der Waals surface area (Å²) in [6.07, 6.45) is 0.